The van der Waals surface area contributed by atoms with Crippen LogP contribution in [0.15, 0.2) is 64.4 Å². The second kappa shape index (κ2) is 7.39. The van der Waals surface area contributed by atoms with Crippen LogP contribution < -0.4 is 5.43 Å². The topological polar surface area (TPSA) is 111 Å². The molecule has 0 saturated heterocycles. The molecule has 0 fully saturated rings. The van der Waals surface area contributed by atoms with Crippen LogP contribution >= 0.6 is 0 Å². The predicted molar refractivity (Wildman–Crippen MR) is 94.8 cm³/mol. The van der Waals surface area contributed by atoms with E-state index in [1.165, 1.54) is 18.5 Å². The molecule has 3 rings (SSSR count). The summed E-state index contributed by atoms with van der Waals surface area (Å²) in [5, 5.41) is 14.9. The van der Waals surface area contributed by atoms with E-state index in [0.717, 1.165) is 0 Å². The van der Waals surface area contributed by atoms with E-state index >= 15 is 0 Å². The van der Waals surface area contributed by atoms with Crippen LogP contribution in [0.3, 0.4) is 0 Å². The van der Waals surface area contributed by atoms with E-state index in [0.29, 0.717) is 28.2 Å². The van der Waals surface area contributed by atoms with Gasteiger partial charge in [-0.05, 0) is 31.2 Å². The Hall–Kier alpha value is -3.81. The maximum atomic E-state index is 11.8. The van der Waals surface area contributed by atoms with Crippen molar-refractivity contribution in [3.63, 3.8) is 0 Å². The van der Waals surface area contributed by atoms with Crippen molar-refractivity contribution in [2.24, 2.45) is 5.10 Å². The number of nitrogens with zero attached hydrogens (tertiary/aromatic N) is 3. The molecule has 0 aliphatic carbocycles. The fourth-order valence-electron chi connectivity index (χ4n) is 2.25. The van der Waals surface area contributed by atoms with Crippen molar-refractivity contribution in [1.82, 2.24) is 10.4 Å². The van der Waals surface area contributed by atoms with E-state index in [1.54, 1.807) is 49.5 Å². The van der Waals surface area contributed by atoms with E-state index in [2.05, 4.69) is 15.5 Å². The van der Waals surface area contributed by atoms with Crippen LogP contribution in [0.25, 0.3) is 11.3 Å². The van der Waals surface area contributed by atoms with Crippen LogP contribution in [0.4, 0.5) is 5.69 Å². The third-order valence-electron chi connectivity index (χ3n) is 3.60. The van der Waals surface area contributed by atoms with Gasteiger partial charge in [0.05, 0.1) is 16.7 Å². The first-order valence-corrected chi connectivity index (χ1v) is 7.63. The monoisotopic (exact) mass is 350 g/mol. The Morgan fingerprint density at radius 2 is 2.15 bits per heavy atom. The zero-order chi connectivity index (χ0) is 18.5. The lowest BCUT2D eigenvalue weighted by Gasteiger charge is -2.00. The molecule has 2 aromatic heterocycles. The molecule has 3 aromatic rings. The molecule has 1 amide bonds. The van der Waals surface area contributed by atoms with E-state index in [9.17, 15) is 14.9 Å². The first-order chi connectivity index (χ1) is 12.5. The van der Waals surface area contributed by atoms with Gasteiger partial charge >= 0.3 is 0 Å². The largest absolute Gasteiger partial charge is 0.455 e. The van der Waals surface area contributed by atoms with Gasteiger partial charge in [0.1, 0.15) is 11.5 Å². The summed E-state index contributed by atoms with van der Waals surface area (Å²) in [4.78, 5) is 26.3. The number of pyridine rings is 1. The fraction of sp³-hybridized carbons (Fsp3) is 0.0556. The summed E-state index contributed by atoms with van der Waals surface area (Å²) in [6.07, 6.45) is 4.35. The van der Waals surface area contributed by atoms with Gasteiger partial charge in [0.2, 0.25) is 0 Å². The van der Waals surface area contributed by atoms with Crippen LogP contribution in [0.5, 0.6) is 0 Å². The third kappa shape index (κ3) is 3.81. The number of nitrogens with one attached hydrogen (secondary N) is 1. The number of hydrogen-bond donors (Lipinski definition) is 1. The Bertz CT molecular complexity index is 980. The predicted octanol–water partition coefficient (Wildman–Crippen LogP) is 3.32. The number of hydrogen-bond acceptors (Lipinski definition) is 6. The number of furan rings is 1. The van der Waals surface area contributed by atoms with Crippen LogP contribution in [0.2, 0.25) is 0 Å². The van der Waals surface area contributed by atoms with Crippen molar-refractivity contribution >= 4 is 17.8 Å². The Labute approximate surface area is 148 Å². The van der Waals surface area contributed by atoms with Crippen molar-refractivity contribution in [3.8, 4) is 11.3 Å². The summed E-state index contributed by atoms with van der Waals surface area (Å²) in [5.41, 5.74) is 3.94. The molecular weight excluding hydrogens is 336 g/mol. The standard InChI is InChI=1S/C18H14N4O4/c1-12-4-5-13(9-16(12)22(24)25)17-7-6-15(26-17)11-20-21-18(23)14-3-2-8-19-10-14/h2-11H,1H3,(H,21,23). The number of nitro benzene ring substituents is 1. The maximum Gasteiger partial charge on any atom is 0.273 e. The van der Waals surface area contributed by atoms with Crippen molar-refractivity contribution in [2.75, 3.05) is 0 Å². The highest BCUT2D eigenvalue weighted by molar-refractivity contribution is 5.94. The number of hydrazone groups is 1. The zero-order valence-corrected chi connectivity index (χ0v) is 13.7. The molecule has 0 aliphatic heterocycles. The number of carbonyl (C=O) groups excluding carboxylic acids is 1. The van der Waals surface area contributed by atoms with Crippen LogP contribution in [-0.2, 0) is 0 Å². The number of aryl methyl sites for hydroxylation is 1. The van der Waals surface area contributed by atoms with Crippen molar-refractivity contribution in [2.45, 2.75) is 6.92 Å². The van der Waals surface area contributed by atoms with Crippen molar-refractivity contribution in [3.05, 3.63) is 81.9 Å². The van der Waals surface area contributed by atoms with Crippen LogP contribution in [0, 0.1) is 17.0 Å². The molecule has 0 spiro atoms. The first-order valence-electron chi connectivity index (χ1n) is 7.63. The summed E-state index contributed by atoms with van der Waals surface area (Å²) >= 11 is 0. The Balaban J connectivity index is 1.71. The minimum atomic E-state index is -0.432. The minimum Gasteiger partial charge on any atom is -0.455 e. The Morgan fingerprint density at radius 1 is 1.31 bits per heavy atom. The number of carbonyl (C=O) groups is 1. The van der Waals surface area contributed by atoms with E-state index in [-0.39, 0.29) is 5.69 Å². The molecule has 1 aromatic carbocycles. The van der Waals surface area contributed by atoms with Gasteiger partial charge in [0, 0.05) is 29.6 Å². The molecule has 0 atom stereocenters. The summed E-state index contributed by atoms with van der Waals surface area (Å²) in [5.74, 6) is 0.470. The molecule has 0 aliphatic rings. The number of aromatic nitrogens is 1. The average molecular weight is 350 g/mol. The molecular formula is C18H14N4O4. The highest BCUT2D eigenvalue weighted by atomic mass is 16.6. The number of nitro groups is 1. The molecule has 0 unspecified atom stereocenters. The average Bonchev–Trinajstić information content (AvgIpc) is 3.11. The highest BCUT2D eigenvalue weighted by Crippen LogP contribution is 2.27. The maximum absolute atomic E-state index is 11.8. The molecule has 26 heavy (non-hydrogen) atoms. The van der Waals surface area contributed by atoms with Gasteiger partial charge in [-0.2, -0.15) is 5.10 Å². The minimum absolute atomic E-state index is 0.0258. The Morgan fingerprint density at radius 3 is 2.88 bits per heavy atom. The van der Waals surface area contributed by atoms with Crippen molar-refractivity contribution in [1.29, 1.82) is 0 Å². The summed E-state index contributed by atoms with van der Waals surface area (Å²) in [6, 6.07) is 11.5. The lowest BCUT2D eigenvalue weighted by Crippen LogP contribution is -2.17. The van der Waals surface area contributed by atoms with Gasteiger partial charge in [-0.3, -0.25) is 19.9 Å². The van der Waals surface area contributed by atoms with Gasteiger partial charge in [-0.15, -0.1) is 0 Å². The van der Waals surface area contributed by atoms with Crippen LogP contribution in [-0.4, -0.2) is 22.0 Å². The second-order valence-corrected chi connectivity index (χ2v) is 5.40. The normalized spacial score (nSPS) is 10.8. The molecule has 1 N–H and O–H groups in total. The third-order valence-corrected chi connectivity index (χ3v) is 3.60. The Kier molecular flexibility index (Phi) is 4.84. The lowest BCUT2D eigenvalue weighted by atomic mass is 10.1. The summed E-state index contributed by atoms with van der Waals surface area (Å²) < 4.78 is 5.60. The molecule has 0 saturated carbocycles. The van der Waals surface area contributed by atoms with Gasteiger partial charge in [0.15, 0.2) is 0 Å². The smallest absolute Gasteiger partial charge is 0.273 e. The number of rotatable bonds is 5. The highest BCUT2D eigenvalue weighted by Gasteiger charge is 2.13. The molecule has 8 nitrogen and oxygen atoms in total. The number of amides is 1. The molecule has 0 bridgehead atoms. The van der Waals surface area contributed by atoms with Gasteiger partial charge in [-0.25, -0.2) is 5.43 Å². The van der Waals surface area contributed by atoms with Gasteiger partial charge in [-0.1, -0.05) is 12.1 Å². The van der Waals surface area contributed by atoms with Gasteiger partial charge in [0.25, 0.3) is 11.6 Å². The quantitative estimate of drug-likeness (QED) is 0.431. The summed E-state index contributed by atoms with van der Waals surface area (Å²) in [7, 11) is 0. The lowest BCUT2D eigenvalue weighted by molar-refractivity contribution is -0.385. The van der Waals surface area contributed by atoms with E-state index < -0.39 is 10.8 Å². The first kappa shape index (κ1) is 17.0. The molecule has 2 heterocycles. The van der Waals surface area contributed by atoms with Crippen molar-refractivity contribution < 1.29 is 14.1 Å². The SMILES string of the molecule is Cc1ccc(-c2ccc(C=NNC(=O)c3cccnc3)o2)cc1[N+](=O)[O-]. The summed E-state index contributed by atoms with van der Waals surface area (Å²) in [6.45, 7) is 1.67. The van der Waals surface area contributed by atoms with Crippen LogP contribution in [0.1, 0.15) is 21.7 Å². The van der Waals surface area contributed by atoms with Gasteiger partial charge < -0.3 is 4.42 Å². The van der Waals surface area contributed by atoms with E-state index in [1.807, 2.05) is 0 Å². The van der Waals surface area contributed by atoms with E-state index in [4.69, 9.17) is 4.42 Å². The molecule has 8 heteroatoms. The number of benzene rings is 1. The fourth-order valence-corrected chi connectivity index (χ4v) is 2.25. The molecule has 0 radical (unpaired) electrons. The zero-order valence-electron chi connectivity index (χ0n) is 13.7. The molecule has 130 valence electrons. The second-order valence-electron chi connectivity index (χ2n) is 5.40.